The molecule has 110 valence electrons. The van der Waals surface area contributed by atoms with Crippen molar-refractivity contribution in [1.29, 1.82) is 0 Å². The number of halogens is 2. The number of benzene rings is 2. The van der Waals surface area contributed by atoms with Crippen molar-refractivity contribution in [2.45, 2.75) is 37.7 Å². The van der Waals surface area contributed by atoms with Crippen LogP contribution >= 0.6 is 27.5 Å². The zero-order valence-corrected chi connectivity index (χ0v) is 14.1. The molecule has 1 aliphatic rings. The highest BCUT2D eigenvalue weighted by Crippen LogP contribution is 2.38. The summed E-state index contributed by atoms with van der Waals surface area (Å²) in [5.41, 5.74) is 3.74. The molecule has 2 unspecified atom stereocenters. The van der Waals surface area contributed by atoms with Gasteiger partial charge in [-0.1, -0.05) is 41.9 Å². The molecule has 2 aromatic rings. The lowest BCUT2D eigenvalue weighted by Crippen LogP contribution is -2.13. The minimum Gasteiger partial charge on any atom is -0.388 e. The Bertz CT molecular complexity index is 641. The van der Waals surface area contributed by atoms with E-state index in [1.54, 1.807) is 0 Å². The molecule has 3 rings (SSSR count). The summed E-state index contributed by atoms with van der Waals surface area (Å²) >= 11 is 9.51. The molecule has 0 radical (unpaired) electrons. The maximum atomic E-state index is 10.5. The highest BCUT2D eigenvalue weighted by atomic mass is 79.9. The van der Waals surface area contributed by atoms with Crippen molar-refractivity contribution in [2.24, 2.45) is 0 Å². The summed E-state index contributed by atoms with van der Waals surface area (Å²) in [5.74, 6) is 0.437. The molecule has 0 saturated heterocycles. The van der Waals surface area contributed by atoms with Crippen molar-refractivity contribution in [1.82, 2.24) is 0 Å². The summed E-state index contributed by atoms with van der Waals surface area (Å²) in [4.78, 5) is 0. The molecule has 0 amide bonds. The first-order valence-corrected chi connectivity index (χ1v) is 8.53. The summed E-state index contributed by atoms with van der Waals surface area (Å²) in [5, 5.41) is 11.2. The average Bonchev–Trinajstić information content (AvgIpc) is 2.50. The maximum Gasteiger partial charge on any atom is 0.0796 e. The summed E-state index contributed by atoms with van der Waals surface area (Å²) in [7, 11) is 0. The monoisotopic (exact) mass is 364 g/mol. The quantitative estimate of drug-likeness (QED) is 0.745. The molecule has 0 aliphatic heterocycles. The van der Waals surface area contributed by atoms with Crippen molar-refractivity contribution in [2.75, 3.05) is 0 Å². The van der Waals surface area contributed by atoms with Crippen LogP contribution in [-0.4, -0.2) is 5.11 Å². The molecule has 0 spiro atoms. The van der Waals surface area contributed by atoms with Crippen LogP contribution in [0.1, 0.15) is 48.0 Å². The summed E-state index contributed by atoms with van der Waals surface area (Å²) < 4.78 is 0.864. The predicted octanol–water partition coefficient (Wildman–Crippen LogP) is 5.65. The molecule has 1 aliphatic carbocycles. The summed E-state index contributed by atoms with van der Waals surface area (Å²) in [6.07, 6.45) is 3.81. The zero-order valence-electron chi connectivity index (χ0n) is 11.7. The van der Waals surface area contributed by atoms with E-state index < -0.39 is 6.10 Å². The molecule has 1 N–H and O–H groups in total. The number of hydrogen-bond acceptors (Lipinski definition) is 1. The number of fused-ring (bicyclic) bond motifs is 1. The molecule has 2 atom stereocenters. The smallest absolute Gasteiger partial charge is 0.0796 e. The van der Waals surface area contributed by atoms with Crippen LogP contribution in [0.3, 0.4) is 0 Å². The largest absolute Gasteiger partial charge is 0.388 e. The van der Waals surface area contributed by atoms with Gasteiger partial charge in [-0.3, -0.25) is 0 Å². The van der Waals surface area contributed by atoms with E-state index >= 15 is 0 Å². The van der Waals surface area contributed by atoms with Crippen LogP contribution in [0.2, 0.25) is 5.02 Å². The van der Waals surface area contributed by atoms with Crippen LogP contribution in [0.25, 0.3) is 0 Å². The fourth-order valence-electron chi connectivity index (χ4n) is 3.22. The first-order chi connectivity index (χ1) is 10.1. The summed E-state index contributed by atoms with van der Waals surface area (Å²) in [6.45, 7) is 0. The van der Waals surface area contributed by atoms with Crippen LogP contribution in [0, 0.1) is 0 Å². The molecule has 0 fully saturated rings. The first-order valence-electron chi connectivity index (χ1n) is 7.36. The lowest BCUT2D eigenvalue weighted by Gasteiger charge is -2.27. The fourth-order valence-corrected chi connectivity index (χ4v) is 3.66. The van der Waals surface area contributed by atoms with Crippen LogP contribution in [-0.2, 0) is 6.42 Å². The fraction of sp³-hybridized carbons (Fsp3) is 0.333. The van der Waals surface area contributed by atoms with Gasteiger partial charge in [-0.25, -0.2) is 0 Å². The second-order valence-corrected chi connectivity index (χ2v) is 6.97. The summed E-state index contributed by atoms with van der Waals surface area (Å²) in [6, 6.07) is 14.3. The Hall–Kier alpha value is -0.830. The second-order valence-electron chi connectivity index (χ2n) is 5.71. The normalized spacial score (nSPS) is 19.1. The van der Waals surface area contributed by atoms with Gasteiger partial charge in [0.05, 0.1) is 11.1 Å². The van der Waals surface area contributed by atoms with E-state index in [1.807, 2.05) is 18.2 Å². The topological polar surface area (TPSA) is 20.2 Å². The van der Waals surface area contributed by atoms with E-state index in [9.17, 15) is 5.11 Å². The van der Waals surface area contributed by atoms with Crippen molar-refractivity contribution < 1.29 is 5.11 Å². The van der Waals surface area contributed by atoms with Gasteiger partial charge >= 0.3 is 0 Å². The highest BCUT2D eigenvalue weighted by molar-refractivity contribution is 9.10. The minimum atomic E-state index is -0.466. The van der Waals surface area contributed by atoms with E-state index in [1.165, 1.54) is 17.5 Å². The van der Waals surface area contributed by atoms with Gasteiger partial charge in [-0.2, -0.15) is 0 Å². The molecule has 0 saturated carbocycles. The molecule has 3 heteroatoms. The molecule has 2 aromatic carbocycles. The lowest BCUT2D eigenvalue weighted by atomic mass is 9.79. The van der Waals surface area contributed by atoms with Crippen LogP contribution in [0.15, 0.2) is 46.9 Å². The van der Waals surface area contributed by atoms with E-state index in [4.69, 9.17) is 11.6 Å². The number of hydrogen-bond donors (Lipinski definition) is 1. The van der Waals surface area contributed by atoms with Crippen molar-refractivity contribution in [3.8, 4) is 0 Å². The standard InChI is InChI=1S/C18H18BrClO/c19-16-9-8-14(10-17(16)20)18(21)11-13-6-3-5-12-4-1-2-7-15(12)13/h1-2,4,7-10,13,18,21H,3,5-6,11H2. The Morgan fingerprint density at radius 1 is 1.24 bits per heavy atom. The van der Waals surface area contributed by atoms with E-state index in [0.717, 1.165) is 29.3 Å². The Kier molecular flexibility index (Phi) is 4.68. The minimum absolute atomic E-state index is 0.437. The zero-order chi connectivity index (χ0) is 14.8. The van der Waals surface area contributed by atoms with E-state index in [2.05, 4.69) is 40.2 Å². The Morgan fingerprint density at radius 2 is 2.05 bits per heavy atom. The Morgan fingerprint density at radius 3 is 2.86 bits per heavy atom. The van der Waals surface area contributed by atoms with Gasteiger partial charge in [-0.15, -0.1) is 0 Å². The van der Waals surface area contributed by atoms with Gasteiger partial charge < -0.3 is 5.11 Å². The lowest BCUT2D eigenvalue weighted by molar-refractivity contribution is 0.154. The number of aryl methyl sites for hydroxylation is 1. The molecular formula is C18H18BrClO. The number of aliphatic hydroxyl groups is 1. The van der Waals surface area contributed by atoms with Crippen molar-refractivity contribution >= 4 is 27.5 Å². The van der Waals surface area contributed by atoms with Gasteiger partial charge in [0.2, 0.25) is 0 Å². The molecule has 0 bridgehead atoms. The molecule has 0 heterocycles. The SMILES string of the molecule is OC(CC1CCCc2ccccc21)c1ccc(Br)c(Cl)c1. The third kappa shape index (κ3) is 3.33. The van der Waals surface area contributed by atoms with Gasteiger partial charge in [-0.05, 0) is 76.4 Å². The third-order valence-electron chi connectivity index (χ3n) is 4.33. The highest BCUT2D eigenvalue weighted by Gasteiger charge is 2.23. The molecular weight excluding hydrogens is 348 g/mol. The van der Waals surface area contributed by atoms with Crippen molar-refractivity contribution in [3.05, 3.63) is 68.7 Å². The van der Waals surface area contributed by atoms with Gasteiger partial charge in [0, 0.05) is 4.47 Å². The van der Waals surface area contributed by atoms with Gasteiger partial charge in [0.25, 0.3) is 0 Å². The predicted molar refractivity (Wildman–Crippen MR) is 90.8 cm³/mol. The average molecular weight is 366 g/mol. The molecule has 0 aromatic heterocycles. The Balaban J connectivity index is 1.79. The van der Waals surface area contributed by atoms with Gasteiger partial charge in [0.15, 0.2) is 0 Å². The Labute approximate surface area is 139 Å². The first kappa shape index (κ1) is 15.1. The molecule has 21 heavy (non-hydrogen) atoms. The molecule has 1 nitrogen and oxygen atoms in total. The van der Waals surface area contributed by atoms with Gasteiger partial charge in [0.1, 0.15) is 0 Å². The maximum absolute atomic E-state index is 10.5. The van der Waals surface area contributed by atoms with E-state index in [0.29, 0.717) is 10.9 Å². The number of aliphatic hydroxyl groups excluding tert-OH is 1. The van der Waals surface area contributed by atoms with Crippen LogP contribution < -0.4 is 0 Å². The van der Waals surface area contributed by atoms with E-state index in [-0.39, 0.29) is 0 Å². The van der Waals surface area contributed by atoms with Crippen LogP contribution in [0.4, 0.5) is 0 Å². The third-order valence-corrected chi connectivity index (χ3v) is 5.56. The second kappa shape index (κ2) is 6.51. The van der Waals surface area contributed by atoms with Crippen LogP contribution in [0.5, 0.6) is 0 Å². The number of rotatable bonds is 3. The van der Waals surface area contributed by atoms with Crippen molar-refractivity contribution in [3.63, 3.8) is 0 Å².